The van der Waals surface area contributed by atoms with Gasteiger partial charge in [0.2, 0.25) is 0 Å². The van der Waals surface area contributed by atoms with E-state index in [2.05, 4.69) is 30.7 Å². The summed E-state index contributed by atoms with van der Waals surface area (Å²) < 4.78 is 0. The van der Waals surface area contributed by atoms with Crippen LogP contribution >= 0.6 is 0 Å². The lowest BCUT2D eigenvalue weighted by Crippen LogP contribution is -2.34. The molecule has 16 heavy (non-hydrogen) atoms. The highest BCUT2D eigenvalue weighted by Gasteiger charge is 2.18. The summed E-state index contributed by atoms with van der Waals surface area (Å²) >= 11 is 0. The molecule has 0 aromatic carbocycles. The Labute approximate surface area is 97.5 Å². The lowest BCUT2D eigenvalue weighted by atomic mass is 10.0. The van der Waals surface area contributed by atoms with E-state index in [4.69, 9.17) is 0 Å². The summed E-state index contributed by atoms with van der Waals surface area (Å²) in [5, 5.41) is 0. The second-order valence-electron chi connectivity index (χ2n) is 4.53. The Kier molecular flexibility index (Phi) is 4.05. The summed E-state index contributed by atoms with van der Waals surface area (Å²) in [5.74, 6) is 1.36. The first-order chi connectivity index (χ1) is 7.45. The molecule has 1 unspecified atom stereocenters. The largest absolute Gasteiger partial charge is 0.356 e. The number of Topliss-reactive ketones (excluding diaryl/α,β-unsaturated/α-hetero) is 1. The highest BCUT2D eigenvalue weighted by Crippen LogP contribution is 2.21. The molecule has 0 amide bonds. The first kappa shape index (κ1) is 12.7. The predicted octanol–water partition coefficient (Wildman–Crippen LogP) is 2.76. The van der Waals surface area contributed by atoms with E-state index in [0.717, 1.165) is 5.82 Å². The van der Waals surface area contributed by atoms with Crippen molar-refractivity contribution in [3.63, 3.8) is 0 Å². The molecule has 1 aromatic heterocycles. The highest BCUT2D eigenvalue weighted by atomic mass is 16.1. The van der Waals surface area contributed by atoms with Gasteiger partial charge in [-0.1, -0.05) is 13.8 Å². The van der Waals surface area contributed by atoms with Gasteiger partial charge in [0.25, 0.3) is 0 Å². The fourth-order valence-electron chi connectivity index (χ4n) is 1.59. The van der Waals surface area contributed by atoms with Crippen molar-refractivity contribution in [2.24, 2.45) is 5.92 Å². The van der Waals surface area contributed by atoms with Gasteiger partial charge >= 0.3 is 0 Å². The van der Waals surface area contributed by atoms with E-state index >= 15 is 0 Å². The molecule has 1 aromatic rings. The van der Waals surface area contributed by atoms with Crippen LogP contribution in [0.1, 0.15) is 38.1 Å². The van der Waals surface area contributed by atoms with E-state index < -0.39 is 0 Å². The van der Waals surface area contributed by atoms with Gasteiger partial charge in [0, 0.05) is 19.3 Å². The molecule has 88 valence electrons. The Bertz CT molecular complexity index is 374. The van der Waals surface area contributed by atoms with E-state index in [1.165, 1.54) is 0 Å². The maximum atomic E-state index is 11.5. The number of hydrogen-bond acceptors (Lipinski definition) is 3. The summed E-state index contributed by atoms with van der Waals surface area (Å²) in [4.78, 5) is 17.9. The predicted molar refractivity (Wildman–Crippen MR) is 66.9 cm³/mol. The molecule has 0 aliphatic heterocycles. The number of ketones is 1. The van der Waals surface area contributed by atoms with E-state index in [1.54, 1.807) is 19.2 Å². The van der Waals surface area contributed by atoms with Crippen LogP contribution in [0.25, 0.3) is 0 Å². The SMILES string of the molecule is CC(=O)c1cccnc1N(C)C(C)C(C)C. The number of carbonyl (C=O) groups excluding carboxylic acids is 1. The minimum atomic E-state index is 0.0610. The van der Waals surface area contributed by atoms with Crippen LogP contribution < -0.4 is 4.90 Å². The number of aromatic nitrogens is 1. The van der Waals surface area contributed by atoms with Gasteiger partial charge in [0.05, 0.1) is 5.56 Å². The van der Waals surface area contributed by atoms with Crippen molar-refractivity contribution in [1.82, 2.24) is 4.98 Å². The van der Waals surface area contributed by atoms with Gasteiger partial charge in [-0.2, -0.15) is 0 Å². The Morgan fingerprint density at radius 2 is 2.00 bits per heavy atom. The van der Waals surface area contributed by atoms with Crippen molar-refractivity contribution in [3.05, 3.63) is 23.9 Å². The van der Waals surface area contributed by atoms with Crippen LogP contribution in [0, 0.1) is 5.92 Å². The second kappa shape index (κ2) is 5.10. The van der Waals surface area contributed by atoms with Gasteiger partial charge < -0.3 is 4.90 Å². The van der Waals surface area contributed by atoms with Crippen molar-refractivity contribution in [1.29, 1.82) is 0 Å². The lowest BCUT2D eigenvalue weighted by molar-refractivity contribution is 0.101. The molecule has 1 rings (SSSR count). The summed E-state index contributed by atoms with van der Waals surface area (Å²) in [6.45, 7) is 8.05. The molecule has 0 saturated carbocycles. The van der Waals surface area contributed by atoms with Crippen molar-refractivity contribution in [2.45, 2.75) is 33.7 Å². The van der Waals surface area contributed by atoms with E-state index in [0.29, 0.717) is 17.5 Å². The van der Waals surface area contributed by atoms with Crippen molar-refractivity contribution >= 4 is 11.6 Å². The first-order valence-electron chi connectivity index (χ1n) is 5.64. The van der Waals surface area contributed by atoms with Crippen LogP contribution in [0.15, 0.2) is 18.3 Å². The van der Waals surface area contributed by atoms with Crippen LogP contribution in [-0.2, 0) is 0 Å². The quantitative estimate of drug-likeness (QED) is 0.731. The molecule has 0 bridgehead atoms. The van der Waals surface area contributed by atoms with Crippen molar-refractivity contribution in [2.75, 3.05) is 11.9 Å². The van der Waals surface area contributed by atoms with Gasteiger partial charge in [0.1, 0.15) is 5.82 Å². The van der Waals surface area contributed by atoms with E-state index in [9.17, 15) is 4.79 Å². The van der Waals surface area contributed by atoms with Crippen molar-refractivity contribution < 1.29 is 4.79 Å². The van der Waals surface area contributed by atoms with Gasteiger partial charge in [-0.3, -0.25) is 4.79 Å². The van der Waals surface area contributed by atoms with Gasteiger partial charge in [-0.05, 0) is 31.9 Å². The van der Waals surface area contributed by atoms with Crippen LogP contribution in [0.2, 0.25) is 0 Å². The fraction of sp³-hybridized carbons (Fsp3) is 0.538. The molecule has 0 saturated heterocycles. The number of carbonyl (C=O) groups is 1. The second-order valence-corrected chi connectivity index (χ2v) is 4.53. The Morgan fingerprint density at radius 1 is 1.38 bits per heavy atom. The smallest absolute Gasteiger partial charge is 0.163 e. The number of rotatable bonds is 4. The summed E-state index contributed by atoms with van der Waals surface area (Å²) in [6, 6.07) is 3.98. The average molecular weight is 220 g/mol. The Hall–Kier alpha value is -1.38. The highest BCUT2D eigenvalue weighted by molar-refractivity contribution is 5.98. The third-order valence-corrected chi connectivity index (χ3v) is 3.08. The maximum Gasteiger partial charge on any atom is 0.163 e. The van der Waals surface area contributed by atoms with Gasteiger partial charge in [0.15, 0.2) is 5.78 Å². The van der Waals surface area contributed by atoms with Crippen LogP contribution in [-0.4, -0.2) is 23.9 Å². The molecule has 0 N–H and O–H groups in total. The molecule has 3 nitrogen and oxygen atoms in total. The molecule has 0 aliphatic rings. The topological polar surface area (TPSA) is 33.2 Å². The summed E-state index contributed by atoms with van der Waals surface area (Å²) in [6.07, 6.45) is 1.73. The number of nitrogens with zero attached hydrogens (tertiary/aromatic N) is 2. The minimum absolute atomic E-state index is 0.0610. The van der Waals surface area contributed by atoms with Gasteiger partial charge in [-0.25, -0.2) is 4.98 Å². The molecule has 0 fully saturated rings. The zero-order valence-corrected chi connectivity index (χ0v) is 10.7. The van der Waals surface area contributed by atoms with Crippen LogP contribution in [0.4, 0.5) is 5.82 Å². The Morgan fingerprint density at radius 3 is 2.50 bits per heavy atom. The number of anilines is 1. The third-order valence-electron chi connectivity index (χ3n) is 3.08. The normalized spacial score (nSPS) is 12.6. The van der Waals surface area contributed by atoms with Crippen LogP contribution in [0.5, 0.6) is 0 Å². The van der Waals surface area contributed by atoms with E-state index in [1.807, 2.05) is 13.1 Å². The van der Waals surface area contributed by atoms with Crippen molar-refractivity contribution in [3.8, 4) is 0 Å². The molecule has 0 spiro atoms. The first-order valence-corrected chi connectivity index (χ1v) is 5.64. The maximum absolute atomic E-state index is 11.5. The standard InChI is InChI=1S/C13H20N2O/c1-9(2)10(3)15(5)13-12(11(4)16)7-6-8-14-13/h6-10H,1-5H3. The summed E-state index contributed by atoms with van der Waals surface area (Å²) in [5.41, 5.74) is 0.692. The molecule has 1 atom stereocenters. The molecule has 1 heterocycles. The molecular formula is C13H20N2O. The third kappa shape index (κ3) is 2.60. The number of pyridine rings is 1. The average Bonchev–Trinajstić information content (AvgIpc) is 2.26. The minimum Gasteiger partial charge on any atom is -0.356 e. The summed E-state index contributed by atoms with van der Waals surface area (Å²) in [7, 11) is 1.99. The lowest BCUT2D eigenvalue weighted by Gasteiger charge is -2.30. The fourth-order valence-corrected chi connectivity index (χ4v) is 1.59. The van der Waals surface area contributed by atoms with E-state index in [-0.39, 0.29) is 5.78 Å². The number of hydrogen-bond donors (Lipinski definition) is 0. The zero-order chi connectivity index (χ0) is 12.3. The van der Waals surface area contributed by atoms with Crippen LogP contribution in [0.3, 0.4) is 0 Å². The molecule has 0 aliphatic carbocycles. The monoisotopic (exact) mass is 220 g/mol. The zero-order valence-electron chi connectivity index (χ0n) is 10.7. The molecular weight excluding hydrogens is 200 g/mol. The Balaban J connectivity index is 3.08. The molecule has 0 radical (unpaired) electrons. The molecule has 3 heteroatoms. The van der Waals surface area contributed by atoms with Gasteiger partial charge in [-0.15, -0.1) is 0 Å².